The zero-order chi connectivity index (χ0) is 39.7. The van der Waals surface area contributed by atoms with Crippen LogP contribution in [0.2, 0.25) is 0 Å². The van der Waals surface area contributed by atoms with E-state index in [-0.39, 0.29) is 5.63 Å². The number of nitrogens with zero attached hydrogens (tertiary/aromatic N) is 1. The summed E-state index contributed by atoms with van der Waals surface area (Å²) in [4.78, 5) is 15.5. The van der Waals surface area contributed by atoms with Crippen LogP contribution in [0.1, 0.15) is 0 Å². The fourth-order valence-corrected chi connectivity index (χ4v) is 8.86. The molecular weight excluding hydrogens is 739 g/mol. The summed E-state index contributed by atoms with van der Waals surface area (Å²) in [5.74, 6) is 0. The Morgan fingerprint density at radius 1 is 0.300 bits per heavy atom. The van der Waals surface area contributed by atoms with Gasteiger partial charge in [0.2, 0.25) is 0 Å². The molecule has 3 aromatic heterocycles. The summed E-state index contributed by atoms with van der Waals surface area (Å²) in [6, 6.07) is 68.5. The SMILES string of the molecule is O=c1oc2ccccc2c2ccc(-c3cccc(N(c4ccc(-c5cccc6c5oc5ccccc56)cc4)c4ccc(-c5cccc6c5oc5ccccc56)cc4)c3)cc12. The Balaban J connectivity index is 0.976. The Morgan fingerprint density at radius 2 is 0.750 bits per heavy atom. The second kappa shape index (κ2) is 13.5. The van der Waals surface area contributed by atoms with Gasteiger partial charge in [-0.2, -0.15) is 0 Å². The Hall–Kier alpha value is -8.15. The standard InChI is InChI=1S/C55H33NO4/c57-55-49-33-37(26-31-43(49)44-12-1-6-21-52(44)60-55)36-10-7-11-40(32-36)56(38-27-22-34(23-28-38)41-15-8-17-47-45-13-2-4-19-50(45)58-53(41)47)39-29-24-35(25-30-39)42-16-9-18-48-46-14-3-5-20-51(46)59-54(42)48/h1-33H. The predicted octanol–water partition coefficient (Wildman–Crippen LogP) is 15.2. The van der Waals surface area contributed by atoms with Crippen molar-refractivity contribution in [1.29, 1.82) is 0 Å². The molecule has 5 heteroatoms. The molecule has 0 atom stereocenters. The summed E-state index contributed by atoms with van der Waals surface area (Å²) in [6.45, 7) is 0. The van der Waals surface area contributed by atoms with E-state index in [0.717, 1.165) is 105 Å². The van der Waals surface area contributed by atoms with E-state index in [2.05, 4.69) is 132 Å². The molecule has 0 saturated carbocycles. The van der Waals surface area contributed by atoms with Crippen LogP contribution in [0.25, 0.3) is 99.0 Å². The molecule has 282 valence electrons. The van der Waals surface area contributed by atoms with Gasteiger partial charge < -0.3 is 18.2 Å². The van der Waals surface area contributed by atoms with Gasteiger partial charge in [0.05, 0.1) is 5.39 Å². The third-order valence-corrected chi connectivity index (χ3v) is 11.7. The average Bonchev–Trinajstić information content (AvgIpc) is 3.89. The molecule has 0 radical (unpaired) electrons. The highest BCUT2D eigenvalue weighted by molar-refractivity contribution is 6.11. The minimum atomic E-state index is -0.347. The lowest BCUT2D eigenvalue weighted by atomic mass is 9.99. The van der Waals surface area contributed by atoms with E-state index in [9.17, 15) is 4.79 Å². The zero-order valence-corrected chi connectivity index (χ0v) is 32.1. The number of rotatable bonds is 6. The Kier molecular flexibility index (Phi) is 7.62. The third-order valence-electron chi connectivity index (χ3n) is 11.7. The summed E-state index contributed by atoms with van der Waals surface area (Å²) in [5, 5.41) is 6.76. The minimum absolute atomic E-state index is 0.347. The molecule has 12 rings (SSSR count). The van der Waals surface area contributed by atoms with Gasteiger partial charge in [0.25, 0.3) is 0 Å². The first-order valence-electron chi connectivity index (χ1n) is 20.0. The molecular formula is C55H33NO4. The van der Waals surface area contributed by atoms with Gasteiger partial charge in [-0.25, -0.2) is 4.79 Å². The topological polar surface area (TPSA) is 59.7 Å². The summed E-state index contributed by atoms with van der Waals surface area (Å²) in [7, 11) is 0. The Bertz CT molecular complexity index is 3530. The molecule has 9 aromatic carbocycles. The molecule has 5 nitrogen and oxygen atoms in total. The maximum Gasteiger partial charge on any atom is 0.344 e. The molecule has 0 fully saturated rings. The highest BCUT2D eigenvalue weighted by Gasteiger charge is 2.18. The zero-order valence-electron chi connectivity index (χ0n) is 32.1. The van der Waals surface area contributed by atoms with Crippen LogP contribution in [-0.4, -0.2) is 0 Å². The molecule has 0 spiro atoms. The van der Waals surface area contributed by atoms with Crippen molar-refractivity contribution in [3.63, 3.8) is 0 Å². The average molecular weight is 772 g/mol. The smallest absolute Gasteiger partial charge is 0.344 e. The first-order chi connectivity index (χ1) is 29.6. The molecule has 60 heavy (non-hydrogen) atoms. The lowest BCUT2D eigenvalue weighted by Gasteiger charge is -2.26. The van der Waals surface area contributed by atoms with Crippen LogP contribution in [0, 0.1) is 0 Å². The van der Waals surface area contributed by atoms with Crippen molar-refractivity contribution in [2.24, 2.45) is 0 Å². The second-order valence-electron chi connectivity index (χ2n) is 15.2. The number of hydrogen-bond donors (Lipinski definition) is 0. The normalized spacial score (nSPS) is 11.7. The highest BCUT2D eigenvalue weighted by Crippen LogP contribution is 2.42. The first kappa shape index (κ1) is 33.9. The molecule has 0 amide bonds. The number of anilines is 3. The van der Waals surface area contributed by atoms with Gasteiger partial charge in [0.15, 0.2) is 0 Å². The first-order valence-corrected chi connectivity index (χ1v) is 20.0. The molecule has 0 aliphatic rings. The maximum absolute atomic E-state index is 13.2. The summed E-state index contributed by atoms with van der Waals surface area (Å²) < 4.78 is 18.6. The molecule has 0 aliphatic carbocycles. The summed E-state index contributed by atoms with van der Waals surface area (Å²) >= 11 is 0. The summed E-state index contributed by atoms with van der Waals surface area (Å²) in [6.07, 6.45) is 0. The monoisotopic (exact) mass is 771 g/mol. The number of furan rings is 2. The highest BCUT2D eigenvalue weighted by atomic mass is 16.4. The minimum Gasteiger partial charge on any atom is -0.455 e. The van der Waals surface area contributed by atoms with E-state index in [1.807, 2.05) is 72.8 Å². The third kappa shape index (κ3) is 5.44. The predicted molar refractivity (Wildman–Crippen MR) is 246 cm³/mol. The van der Waals surface area contributed by atoms with Gasteiger partial charge in [-0.1, -0.05) is 140 Å². The van der Waals surface area contributed by atoms with E-state index < -0.39 is 0 Å². The number of benzene rings is 9. The van der Waals surface area contributed by atoms with Gasteiger partial charge in [-0.05, 0) is 88.3 Å². The van der Waals surface area contributed by atoms with Crippen molar-refractivity contribution in [3.8, 4) is 33.4 Å². The van der Waals surface area contributed by atoms with Crippen molar-refractivity contribution in [3.05, 3.63) is 211 Å². The van der Waals surface area contributed by atoms with Crippen LogP contribution in [0.5, 0.6) is 0 Å². The van der Waals surface area contributed by atoms with Crippen LogP contribution in [0.4, 0.5) is 17.1 Å². The van der Waals surface area contributed by atoms with Gasteiger partial charge >= 0.3 is 5.63 Å². The molecule has 0 bridgehead atoms. The molecule has 0 aliphatic heterocycles. The number of hydrogen-bond acceptors (Lipinski definition) is 5. The van der Waals surface area contributed by atoms with Gasteiger partial charge in [0, 0.05) is 55.1 Å². The van der Waals surface area contributed by atoms with Crippen LogP contribution in [-0.2, 0) is 0 Å². The van der Waals surface area contributed by atoms with E-state index >= 15 is 0 Å². The Morgan fingerprint density at radius 3 is 1.32 bits per heavy atom. The lowest BCUT2D eigenvalue weighted by Crippen LogP contribution is -2.10. The van der Waals surface area contributed by atoms with Crippen molar-refractivity contribution in [2.75, 3.05) is 4.90 Å². The fourth-order valence-electron chi connectivity index (χ4n) is 8.86. The van der Waals surface area contributed by atoms with Crippen molar-refractivity contribution < 1.29 is 13.3 Å². The molecule has 0 saturated heterocycles. The van der Waals surface area contributed by atoms with E-state index in [1.165, 1.54) is 0 Å². The summed E-state index contributed by atoms with van der Waals surface area (Å²) in [5.41, 5.74) is 12.8. The van der Waals surface area contributed by atoms with Crippen LogP contribution in [0.3, 0.4) is 0 Å². The van der Waals surface area contributed by atoms with Gasteiger partial charge in [-0.15, -0.1) is 0 Å². The molecule has 3 heterocycles. The molecule has 0 N–H and O–H groups in total. The van der Waals surface area contributed by atoms with Crippen molar-refractivity contribution >= 4 is 82.7 Å². The van der Waals surface area contributed by atoms with Crippen LogP contribution >= 0.6 is 0 Å². The second-order valence-corrected chi connectivity index (χ2v) is 15.2. The van der Waals surface area contributed by atoms with Gasteiger partial charge in [-0.3, -0.25) is 0 Å². The van der Waals surface area contributed by atoms with Crippen LogP contribution < -0.4 is 10.5 Å². The fraction of sp³-hybridized carbons (Fsp3) is 0. The molecule has 12 aromatic rings. The van der Waals surface area contributed by atoms with E-state index in [1.54, 1.807) is 0 Å². The quantitative estimate of drug-likeness (QED) is 0.124. The van der Waals surface area contributed by atoms with Gasteiger partial charge in [0.1, 0.15) is 27.9 Å². The lowest BCUT2D eigenvalue weighted by molar-refractivity contribution is 0.569. The van der Waals surface area contributed by atoms with Crippen molar-refractivity contribution in [2.45, 2.75) is 0 Å². The Labute approximate surface area is 343 Å². The van der Waals surface area contributed by atoms with E-state index in [4.69, 9.17) is 13.3 Å². The number of fused-ring (bicyclic) bond motifs is 9. The maximum atomic E-state index is 13.2. The van der Waals surface area contributed by atoms with E-state index in [0.29, 0.717) is 11.0 Å². The van der Waals surface area contributed by atoms with Crippen LogP contribution in [0.15, 0.2) is 218 Å². The largest absolute Gasteiger partial charge is 0.455 e. The number of para-hydroxylation sites is 5. The van der Waals surface area contributed by atoms with Crippen molar-refractivity contribution in [1.82, 2.24) is 0 Å². The molecule has 0 unspecified atom stereocenters.